The van der Waals surface area contributed by atoms with Crippen molar-refractivity contribution in [2.24, 2.45) is 5.41 Å². The van der Waals surface area contributed by atoms with Gasteiger partial charge in [-0.05, 0) is 58.1 Å². The summed E-state index contributed by atoms with van der Waals surface area (Å²) in [4.78, 5) is 4.21. The van der Waals surface area contributed by atoms with Gasteiger partial charge in [-0.15, -0.1) is 0 Å². The first kappa shape index (κ1) is 17.9. The third-order valence-corrected chi connectivity index (χ3v) is 3.57. The first-order valence-electron chi connectivity index (χ1n) is 7.42. The lowest BCUT2D eigenvalue weighted by molar-refractivity contribution is 0.0578. The molecule has 1 aromatic carbocycles. The Morgan fingerprint density at radius 2 is 1.91 bits per heavy atom. The van der Waals surface area contributed by atoms with Gasteiger partial charge >= 0.3 is 0 Å². The van der Waals surface area contributed by atoms with E-state index in [0.29, 0.717) is 24.7 Å². The first-order valence-corrected chi connectivity index (χ1v) is 8.21. The maximum absolute atomic E-state index is 13.9. The van der Waals surface area contributed by atoms with Gasteiger partial charge in [0.2, 0.25) is 0 Å². The molecule has 0 atom stereocenters. The molecule has 0 spiro atoms. The average molecular weight is 382 g/mol. The molecule has 0 N–H and O–H groups in total. The van der Waals surface area contributed by atoms with Crippen molar-refractivity contribution in [1.82, 2.24) is 4.98 Å². The second-order valence-corrected chi connectivity index (χ2v) is 7.53. The number of hydrogen-bond donors (Lipinski definition) is 0. The summed E-state index contributed by atoms with van der Waals surface area (Å²) in [5.74, 6) is -0.0294. The van der Waals surface area contributed by atoms with Crippen LogP contribution < -0.4 is 4.74 Å². The van der Waals surface area contributed by atoms with E-state index in [0.717, 1.165) is 10.0 Å². The van der Waals surface area contributed by atoms with Crippen LogP contribution in [-0.2, 0) is 11.3 Å². The van der Waals surface area contributed by atoms with Gasteiger partial charge in [0.25, 0.3) is 5.88 Å². The highest BCUT2D eigenvalue weighted by Gasteiger charge is 2.13. The summed E-state index contributed by atoms with van der Waals surface area (Å²) in [7, 11) is 0. The molecule has 0 unspecified atom stereocenters. The van der Waals surface area contributed by atoms with Crippen molar-refractivity contribution in [3.63, 3.8) is 0 Å². The molecule has 0 saturated carbocycles. The summed E-state index contributed by atoms with van der Waals surface area (Å²) in [6.07, 6.45) is 0. The Bertz CT molecular complexity index is 683. The second kappa shape index (κ2) is 7.41. The van der Waals surface area contributed by atoms with Crippen molar-refractivity contribution in [1.29, 1.82) is 0 Å². The SMILES string of the molecule is Cc1ccc(Oc2nc(COCC(C)(C)C)ccc2F)c(Br)c1. The predicted molar refractivity (Wildman–Crippen MR) is 92.3 cm³/mol. The highest BCUT2D eigenvalue weighted by Crippen LogP contribution is 2.30. The number of ether oxygens (including phenoxy) is 2. The van der Waals surface area contributed by atoms with E-state index in [1.165, 1.54) is 6.07 Å². The summed E-state index contributed by atoms with van der Waals surface area (Å²) in [6.45, 7) is 9.17. The fraction of sp³-hybridized carbons (Fsp3) is 0.389. The zero-order valence-corrected chi connectivity index (χ0v) is 15.4. The van der Waals surface area contributed by atoms with Gasteiger partial charge in [-0.25, -0.2) is 9.37 Å². The molecule has 3 nitrogen and oxygen atoms in total. The third-order valence-electron chi connectivity index (χ3n) is 2.95. The standard InChI is InChI=1S/C18H21BrFNO2/c1-12-5-8-16(14(19)9-12)23-17-15(20)7-6-13(21-17)10-22-11-18(2,3)4/h5-9H,10-11H2,1-4H3. The lowest BCUT2D eigenvalue weighted by Gasteiger charge is -2.18. The van der Waals surface area contributed by atoms with Crippen LogP contribution in [-0.4, -0.2) is 11.6 Å². The number of hydrogen-bond acceptors (Lipinski definition) is 3. The number of nitrogens with zero attached hydrogens (tertiary/aromatic N) is 1. The van der Waals surface area contributed by atoms with Gasteiger partial charge in [0.15, 0.2) is 5.82 Å². The average Bonchev–Trinajstić information content (AvgIpc) is 2.44. The Morgan fingerprint density at radius 1 is 1.17 bits per heavy atom. The smallest absolute Gasteiger partial charge is 0.256 e. The molecule has 0 aliphatic heterocycles. The predicted octanol–water partition coefficient (Wildman–Crippen LogP) is 5.65. The fourth-order valence-corrected chi connectivity index (χ4v) is 2.44. The van der Waals surface area contributed by atoms with E-state index < -0.39 is 5.82 Å². The van der Waals surface area contributed by atoms with E-state index >= 15 is 0 Å². The summed E-state index contributed by atoms with van der Waals surface area (Å²) in [5.41, 5.74) is 1.79. The van der Waals surface area contributed by atoms with Crippen molar-refractivity contribution >= 4 is 15.9 Å². The zero-order chi connectivity index (χ0) is 17.0. The number of pyridine rings is 1. The summed E-state index contributed by atoms with van der Waals surface area (Å²) in [6, 6.07) is 8.54. The number of aromatic nitrogens is 1. The van der Waals surface area contributed by atoms with E-state index in [-0.39, 0.29) is 11.3 Å². The Kier molecular flexibility index (Phi) is 5.76. The number of aryl methyl sites for hydroxylation is 1. The molecular formula is C18H21BrFNO2. The van der Waals surface area contributed by atoms with Crippen LogP contribution >= 0.6 is 15.9 Å². The van der Waals surface area contributed by atoms with Crippen LogP contribution in [0.2, 0.25) is 0 Å². The van der Waals surface area contributed by atoms with Crippen LogP contribution in [0.4, 0.5) is 4.39 Å². The van der Waals surface area contributed by atoms with Crippen LogP contribution in [0.25, 0.3) is 0 Å². The summed E-state index contributed by atoms with van der Waals surface area (Å²) in [5, 5.41) is 0. The normalized spacial score (nSPS) is 11.6. The Labute approximate surface area is 145 Å². The monoisotopic (exact) mass is 381 g/mol. The van der Waals surface area contributed by atoms with E-state index in [2.05, 4.69) is 41.7 Å². The van der Waals surface area contributed by atoms with Crippen molar-refractivity contribution in [3.05, 3.63) is 51.9 Å². The lowest BCUT2D eigenvalue weighted by Crippen LogP contribution is -2.14. The van der Waals surface area contributed by atoms with Gasteiger partial charge in [-0.1, -0.05) is 26.8 Å². The molecule has 0 saturated heterocycles. The van der Waals surface area contributed by atoms with Gasteiger partial charge < -0.3 is 9.47 Å². The minimum absolute atomic E-state index is 0.0496. The maximum atomic E-state index is 13.9. The Hall–Kier alpha value is -1.46. The lowest BCUT2D eigenvalue weighted by atomic mass is 9.99. The molecule has 124 valence electrons. The maximum Gasteiger partial charge on any atom is 0.256 e. The molecule has 0 radical (unpaired) electrons. The second-order valence-electron chi connectivity index (χ2n) is 6.68. The van der Waals surface area contributed by atoms with Crippen molar-refractivity contribution in [2.75, 3.05) is 6.61 Å². The molecule has 0 aliphatic rings. The van der Waals surface area contributed by atoms with Gasteiger partial charge in [0, 0.05) is 0 Å². The molecule has 1 heterocycles. The van der Waals surface area contributed by atoms with E-state index in [4.69, 9.17) is 9.47 Å². The van der Waals surface area contributed by atoms with Crippen molar-refractivity contribution in [2.45, 2.75) is 34.3 Å². The van der Waals surface area contributed by atoms with Gasteiger partial charge in [0.05, 0.1) is 23.4 Å². The van der Waals surface area contributed by atoms with Gasteiger partial charge in [-0.2, -0.15) is 0 Å². The quantitative estimate of drug-likeness (QED) is 0.670. The first-order chi connectivity index (χ1) is 10.7. The highest BCUT2D eigenvalue weighted by atomic mass is 79.9. The Balaban J connectivity index is 2.11. The highest BCUT2D eigenvalue weighted by molar-refractivity contribution is 9.10. The topological polar surface area (TPSA) is 31.4 Å². The van der Waals surface area contributed by atoms with Crippen LogP contribution in [0.3, 0.4) is 0 Å². The number of rotatable bonds is 5. The molecule has 23 heavy (non-hydrogen) atoms. The van der Waals surface area contributed by atoms with Gasteiger partial charge in [-0.3, -0.25) is 0 Å². The number of benzene rings is 1. The molecule has 2 aromatic rings. The summed E-state index contributed by atoms with van der Waals surface area (Å²) < 4.78 is 25.9. The van der Waals surface area contributed by atoms with Crippen LogP contribution in [0.5, 0.6) is 11.6 Å². The largest absolute Gasteiger partial charge is 0.435 e. The molecule has 0 bridgehead atoms. The third kappa shape index (κ3) is 5.59. The number of halogens is 2. The molecule has 2 rings (SSSR count). The van der Waals surface area contributed by atoms with Crippen LogP contribution in [0, 0.1) is 18.2 Å². The molecule has 0 amide bonds. The van der Waals surface area contributed by atoms with Crippen LogP contribution in [0.1, 0.15) is 32.0 Å². The Morgan fingerprint density at radius 3 is 2.57 bits per heavy atom. The summed E-state index contributed by atoms with van der Waals surface area (Å²) >= 11 is 3.41. The minimum Gasteiger partial charge on any atom is -0.435 e. The molecule has 1 aromatic heterocycles. The zero-order valence-electron chi connectivity index (χ0n) is 13.8. The molecular weight excluding hydrogens is 361 g/mol. The van der Waals surface area contributed by atoms with Crippen molar-refractivity contribution in [3.8, 4) is 11.6 Å². The van der Waals surface area contributed by atoms with Crippen LogP contribution in [0.15, 0.2) is 34.8 Å². The van der Waals surface area contributed by atoms with Gasteiger partial charge in [0.1, 0.15) is 5.75 Å². The van der Waals surface area contributed by atoms with E-state index in [9.17, 15) is 4.39 Å². The van der Waals surface area contributed by atoms with E-state index in [1.54, 1.807) is 12.1 Å². The van der Waals surface area contributed by atoms with E-state index in [1.807, 2.05) is 19.1 Å². The van der Waals surface area contributed by atoms with Crippen molar-refractivity contribution < 1.29 is 13.9 Å². The molecule has 0 aliphatic carbocycles. The fourth-order valence-electron chi connectivity index (χ4n) is 1.87. The molecule has 5 heteroatoms. The molecule has 0 fully saturated rings. The minimum atomic E-state index is -0.503.